The van der Waals surface area contributed by atoms with Crippen LogP contribution >= 0.6 is 0 Å². The second kappa shape index (κ2) is 3.71. The van der Waals surface area contributed by atoms with Gasteiger partial charge in [-0.2, -0.15) is 0 Å². The number of hydrogen-bond acceptors (Lipinski definition) is 2. The maximum absolute atomic E-state index is 6.11. The van der Waals surface area contributed by atoms with Crippen LogP contribution in [-0.2, 0) is 17.8 Å². The van der Waals surface area contributed by atoms with Gasteiger partial charge >= 0.3 is 0 Å². The highest BCUT2D eigenvalue weighted by Crippen LogP contribution is 2.34. The standard InChI is InChI=1S/C12H17NO/c1-8-5-10-4-3-9(7-14-2)6-11(10)12(8)13/h3-4,6,8,12H,5,7,13H2,1-2H3. The summed E-state index contributed by atoms with van der Waals surface area (Å²) in [5.74, 6) is 0.572. The van der Waals surface area contributed by atoms with Gasteiger partial charge in [-0.05, 0) is 29.0 Å². The van der Waals surface area contributed by atoms with E-state index in [2.05, 4.69) is 25.1 Å². The topological polar surface area (TPSA) is 35.2 Å². The van der Waals surface area contributed by atoms with E-state index >= 15 is 0 Å². The van der Waals surface area contributed by atoms with E-state index in [1.165, 1.54) is 16.7 Å². The minimum absolute atomic E-state index is 0.210. The van der Waals surface area contributed by atoms with Crippen LogP contribution in [0.15, 0.2) is 18.2 Å². The van der Waals surface area contributed by atoms with E-state index in [1.54, 1.807) is 7.11 Å². The first-order chi connectivity index (χ1) is 6.72. The molecule has 1 aliphatic rings. The molecule has 1 aromatic rings. The molecule has 1 aromatic carbocycles. The lowest BCUT2D eigenvalue weighted by atomic mass is 10.0. The lowest BCUT2D eigenvalue weighted by Gasteiger charge is -2.10. The van der Waals surface area contributed by atoms with E-state index in [9.17, 15) is 0 Å². The third kappa shape index (κ3) is 1.56. The maximum atomic E-state index is 6.11. The zero-order chi connectivity index (χ0) is 10.1. The highest BCUT2D eigenvalue weighted by Gasteiger charge is 2.25. The summed E-state index contributed by atoms with van der Waals surface area (Å²) in [6.07, 6.45) is 1.11. The Morgan fingerprint density at radius 2 is 2.29 bits per heavy atom. The van der Waals surface area contributed by atoms with E-state index in [1.807, 2.05) is 0 Å². The molecule has 0 radical (unpaired) electrons. The van der Waals surface area contributed by atoms with Gasteiger partial charge in [0.25, 0.3) is 0 Å². The van der Waals surface area contributed by atoms with E-state index in [-0.39, 0.29) is 6.04 Å². The van der Waals surface area contributed by atoms with Crippen LogP contribution in [0.4, 0.5) is 0 Å². The molecule has 2 heteroatoms. The number of rotatable bonds is 2. The quantitative estimate of drug-likeness (QED) is 0.776. The summed E-state index contributed by atoms with van der Waals surface area (Å²) in [6, 6.07) is 6.72. The summed E-state index contributed by atoms with van der Waals surface area (Å²) in [5, 5.41) is 0. The number of methoxy groups -OCH3 is 1. The molecule has 0 spiro atoms. The minimum Gasteiger partial charge on any atom is -0.380 e. The van der Waals surface area contributed by atoms with Crippen molar-refractivity contribution in [3.63, 3.8) is 0 Å². The summed E-state index contributed by atoms with van der Waals surface area (Å²) in [7, 11) is 1.72. The fraction of sp³-hybridized carbons (Fsp3) is 0.500. The average Bonchev–Trinajstić information content (AvgIpc) is 2.45. The molecular weight excluding hydrogens is 174 g/mol. The molecule has 2 atom stereocenters. The molecule has 2 nitrogen and oxygen atoms in total. The molecule has 0 aromatic heterocycles. The van der Waals surface area contributed by atoms with Gasteiger partial charge in [-0.25, -0.2) is 0 Å². The Hall–Kier alpha value is -0.860. The Morgan fingerprint density at radius 3 is 3.00 bits per heavy atom. The molecule has 2 unspecified atom stereocenters. The minimum atomic E-state index is 0.210. The second-order valence-corrected chi connectivity index (χ2v) is 4.17. The number of nitrogens with two attached hydrogens (primary N) is 1. The van der Waals surface area contributed by atoms with Gasteiger partial charge < -0.3 is 10.5 Å². The number of benzene rings is 1. The van der Waals surface area contributed by atoms with Crippen molar-refractivity contribution in [2.45, 2.75) is 26.0 Å². The smallest absolute Gasteiger partial charge is 0.0713 e. The SMILES string of the molecule is COCc1ccc2c(c1)C(N)C(C)C2. The van der Waals surface area contributed by atoms with Gasteiger partial charge in [-0.3, -0.25) is 0 Å². The predicted molar refractivity (Wildman–Crippen MR) is 57.0 cm³/mol. The van der Waals surface area contributed by atoms with Crippen LogP contribution in [0, 0.1) is 5.92 Å². The molecule has 14 heavy (non-hydrogen) atoms. The number of ether oxygens (including phenoxy) is 1. The van der Waals surface area contributed by atoms with Gasteiger partial charge in [0.15, 0.2) is 0 Å². The molecule has 76 valence electrons. The zero-order valence-electron chi connectivity index (χ0n) is 8.79. The molecule has 0 amide bonds. The van der Waals surface area contributed by atoms with Crippen LogP contribution in [0.5, 0.6) is 0 Å². The van der Waals surface area contributed by atoms with Crippen molar-refractivity contribution in [2.75, 3.05) is 7.11 Å². The molecule has 0 fully saturated rings. The molecule has 0 heterocycles. The fourth-order valence-electron chi connectivity index (χ4n) is 2.18. The lowest BCUT2D eigenvalue weighted by molar-refractivity contribution is 0.185. The summed E-state index contributed by atoms with van der Waals surface area (Å²) in [4.78, 5) is 0. The molecular formula is C12H17NO. The summed E-state index contributed by atoms with van der Waals surface area (Å²) in [6.45, 7) is 2.88. The van der Waals surface area contributed by atoms with E-state index in [0.717, 1.165) is 6.42 Å². The summed E-state index contributed by atoms with van der Waals surface area (Å²) >= 11 is 0. The third-order valence-electron chi connectivity index (χ3n) is 3.04. The van der Waals surface area contributed by atoms with Crippen LogP contribution in [0.25, 0.3) is 0 Å². The van der Waals surface area contributed by atoms with Crippen LogP contribution in [-0.4, -0.2) is 7.11 Å². The van der Waals surface area contributed by atoms with Crippen LogP contribution in [0.1, 0.15) is 29.7 Å². The second-order valence-electron chi connectivity index (χ2n) is 4.17. The van der Waals surface area contributed by atoms with Crippen molar-refractivity contribution in [2.24, 2.45) is 11.7 Å². The first-order valence-electron chi connectivity index (χ1n) is 5.08. The van der Waals surface area contributed by atoms with Crippen molar-refractivity contribution in [3.05, 3.63) is 34.9 Å². The zero-order valence-corrected chi connectivity index (χ0v) is 8.79. The van der Waals surface area contributed by atoms with E-state index < -0.39 is 0 Å². The van der Waals surface area contributed by atoms with E-state index in [0.29, 0.717) is 12.5 Å². The Balaban J connectivity index is 2.31. The molecule has 1 aliphatic carbocycles. The average molecular weight is 191 g/mol. The van der Waals surface area contributed by atoms with Crippen molar-refractivity contribution in [1.82, 2.24) is 0 Å². The van der Waals surface area contributed by atoms with Crippen LogP contribution in [0.3, 0.4) is 0 Å². The molecule has 2 rings (SSSR count). The van der Waals surface area contributed by atoms with Gasteiger partial charge in [-0.1, -0.05) is 25.1 Å². The third-order valence-corrected chi connectivity index (χ3v) is 3.04. The normalized spacial score (nSPS) is 25.1. The first kappa shape index (κ1) is 9.69. The molecule has 0 saturated carbocycles. The number of fused-ring (bicyclic) bond motifs is 1. The maximum Gasteiger partial charge on any atom is 0.0713 e. The fourth-order valence-corrected chi connectivity index (χ4v) is 2.18. The van der Waals surface area contributed by atoms with Crippen molar-refractivity contribution >= 4 is 0 Å². The van der Waals surface area contributed by atoms with Gasteiger partial charge in [0.05, 0.1) is 6.61 Å². The van der Waals surface area contributed by atoms with Gasteiger partial charge in [0.1, 0.15) is 0 Å². The van der Waals surface area contributed by atoms with E-state index in [4.69, 9.17) is 10.5 Å². The van der Waals surface area contributed by atoms with Crippen LogP contribution in [0.2, 0.25) is 0 Å². The number of hydrogen-bond donors (Lipinski definition) is 1. The molecule has 0 bridgehead atoms. The molecule has 0 aliphatic heterocycles. The van der Waals surface area contributed by atoms with Crippen molar-refractivity contribution in [1.29, 1.82) is 0 Å². The van der Waals surface area contributed by atoms with Gasteiger partial charge in [-0.15, -0.1) is 0 Å². The largest absolute Gasteiger partial charge is 0.380 e. The first-order valence-corrected chi connectivity index (χ1v) is 5.08. The highest BCUT2D eigenvalue weighted by atomic mass is 16.5. The monoisotopic (exact) mass is 191 g/mol. The summed E-state index contributed by atoms with van der Waals surface area (Å²) in [5.41, 5.74) is 10.1. The predicted octanol–water partition coefficient (Wildman–Crippen LogP) is 2.03. The lowest BCUT2D eigenvalue weighted by Crippen LogP contribution is -2.13. The summed E-state index contributed by atoms with van der Waals surface area (Å²) < 4.78 is 5.11. The Kier molecular flexibility index (Phi) is 2.57. The molecule has 2 N–H and O–H groups in total. The van der Waals surface area contributed by atoms with Gasteiger partial charge in [0, 0.05) is 13.2 Å². The van der Waals surface area contributed by atoms with Crippen molar-refractivity contribution < 1.29 is 4.74 Å². The molecule has 0 saturated heterocycles. The Morgan fingerprint density at radius 1 is 1.50 bits per heavy atom. The Labute approximate surface area is 85.1 Å². The Bertz CT molecular complexity index is 335. The van der Waals surface area contributed by atoms with Gasteiger partial charge in [0.2, 0.25) is 0 Å². The van der Waals surface area contributed by atoms with Crippen LogP contribution < -0.4 is 5.73 Å². The van der Waals surface area contributed by atoms with Crippen molar-refractivity contribution in [3.8, 4) is 0 Å². The highest BCUT2D eigenvalue weighted by molar-refractivity contribution is 5.38.